The van der Waals surface area contributed by atoms with E-state index in [0.717, 1.165) is 37.6 Å². The van der Waals surface area contributed by atoms with Gasteiger partial charge in [-0.05, 0) is 37.9 Å². The number of hydrogen-bond donors (Lipinski definition) is 1. The summed E-state index contributed by atoms with van der Waals surface area (Å²) < 4.78 is 2.11. The van der Waals surface area contributed by atoms with E-state index in [4.69, 9.17) is 0 Å². The molecule has 3 heterocycles. The molecular formula is C18H28N6. The van der Waals surface area contributed by atoms with E-state index in [9.17, 15) is 0 Å². The standard InChI is InChI=1S/C18H28N6/c1-22(2)18-7-6-16(11-20-18)21-15-5-4-9-24(10-8-15)13-17-12-19-14-23(17)3/h6-7,11-12,14-15,21H,4-5,8-10,13H2,1-3H3/t15-/m0/s1. The number of aryl methyl sites for hydroxylation is 1. The Hall–Kier alpha value is -2.08. The van der Waals surface area contributed by atoms with Crippen molar-refractivity contribution in [1.82, 2.24) is 19.4 Å². The number of imidazole rings is 1. The summed E-state index contributed by atoms with van der Waals surface area (Å²) >= 11 is 0. The third-order valence-electron chi connectivity index (χ3n) is 4.70. The van der Waals surface area contributed by atoms with Gasteiger partial charge in [-0.25, -0.2) is 9.97 Å². The Kier molecular flexibility index (Phi) is 5.35. The van der Waals surface area contributed by atoms with Gasteiger partial charge in [-0.1, -0.05) is 0 Å². The zero-order valence-electron chi connectivity index (χ0n) is 14.9. The van der Waals surface area contributed by atoms with Gasteiger partial charge in [0.25, 0.3) is 0 Å². The number of nitrogens with zero attached hydrogens (tertiary/aromatic N) is 5. The van der Waals surface area contributed by atoms with E-state index in [1.165, 1.54) is 18.5 Å². The van der Waals surface area contributed by atoms with E-state index in [0.29, 0.717) is 6.04 Å². The lowest BCUT2D eigenvalue weighted by atomic mass is 10.1. The quantitative estimate of drug-likeness (QED) is 0.913. The van der Waals surface area contributed by atoms with Crippen molar-refractivity contribution < 1.29 is 0 Å². The van der Waals surface area contributed by atoms with Crippen molar-refractivity contribution >= 4 is 11.5 Å². The van der Waals surface area contributed by atoms with Crippen LogP contribution in [0.25, 0.3) is 0 Å². The second kappa shape index (κ2) is 7.66. The molecule has 1 fully saturated rings. The molecule has 6 heteroatoms. The fourth-order valence-corrected chi connectivity index (χ4v) is 3.20. The molecule has 2 aromatic rings. The van der Waals surface area contributed by atoms with E-state index in [1.54, 1.807) is 0 Å². The lowest BCUT2D eigenvalue weighted by molar-refractivity contribution is 0.270. The van der Waals surface area contributed by atoms with Crippen molar-refractivity contribution in [3.63, 3.8) is 0 Å². The van der Waals surface area contributed by atoms with Crippen LogP contribution in [0.5, 0.6) is 0 Å². The zero-order chi connectivity index (χ0) is 16.9. The third-order valence-corrected chi connectivity index (χ3v) is 4.70. The SMILES string of the molecule is CN(C)c1ccc(N[C@H]2CCCN(Cc3cncn3C)CC2)cn1. The first-order valence-corrected chi connectivity index (χ1v) is 8.69. The van der Waals surface area contributed by atoms with Crippen LogP contribution in [0.15, 0.2) is 30.9 Å². The Labute approximate surface area is 144 Å². The number of pyridine rings is 1. The third kappa shape index (κ3) is 4.26. The van der Waals surface area contributed by atoms with E-state index in [1.807, 2.05) is 37.7 Å². The molecule has 1 saturated heterocycles. The summed E-state index contributed by atoms with van der Waals surface area (Å²) in [4.78, 5) is 13.3. The van der Waals surface area contributed by atoms with E-state index in [-0.39, 0.29) is 0 Å². The Morgan fingerprint density at radius 3 is 2.75 bits per heavy atom. The van der Waals surface area contributed by atoms with Crippen molar-refractivity contribution in [3.8, 4) is 0 Å². The van der Waals surface area contributed by atoms with Crippen LogP contribution in [0.1, 0.15) is 25.0 Å². The van der Waals surface area contributed by atoms with Crippen LogP contribution in [0.3, 0.4) is 0 Å². The van der Waals surface area contributed by atoms with Crippen LogP contribution >= 0.6 is 0 Å². The summed E-state index contributed by atoms with van der Waals surface area (Å²) in [6.07, 6.45) is 9.37. The van der Waals surface area contributed by atoms with Gasteiger partial charge in [0.1, 0.15) is 5.82 Å². The van der Waals surface area contributed by atoms with Crippen LogP contribution < -0.4 is 10.2 Å². The van der Waals surface area contributed by atoms with Crippen molar-refractivity contribution in [3.05, 3.63) is 36.5 Å². The molecule has 0 unspecified atom stereocenters. The molecule has 0 saturated carbocycles. The Morgan fingerprint density at radius 1 is 1.21 bits per heavy atom. The first kappa shape index (κ1) is 16.8. The molecule has 0 radical (unpaired) electrons. The minimum absolute atomic E-state index is 0.522. The number of likely N-dealkylation sites (tertiary alicyclic amines) is 1. The molecular weight excluding hydrogens is 300 g/mol. The summed E-state index contributed by atoms with van der Waals surface area (Å²) in [5.74, 6) is 0.990. The van der Waals surface area contributed by atoms with Gasteiger partial charge in [-0.3, -0.25) is 4.90 Å². The second-order valence-electron chi connectivity index (χ2n) is 6.84. The molecule has 0 aromatic carbocycles. The molecule has 0 aliphatic carbocycles. The lowest BCUT2D eigenvalue weighted by Crippen LogP contribution is -2.27. The minimum Gasteiger partial charge on any atom is -0.381 e. The maximum atomic E-state index is 4.49. The molecule has 2 aromatic heterocycles. The Morgan fingerprint density at radius 2 is 2.08 bits per heavy atom. The van der Waals surface area contributed by atoms with E-state index >= 15 is 0 Å². The van der Waals surface area contributed by atoms with Crippen molar-refractivity contribution in [1.29, 1.82) is 0 Å². The molecule has 6 nitrogen and oxygen atoms in total. The van der Waals surface area contributed by atoms with Crippen molar-refractivity contribution in [2.45, 2.75) is 31.8 Å². The highest BCUT2D eigenvalue weighted by molar-refractivity contribution is 5.48. The van der Waals surface area contributed by atoms with Gasteiger partial charge in [-0.15, -0.1) is 0 Å². The average Bonchev–Trinajstić information content (AvgIpc) is 2.84. The number of rotatable bonds is 5. The summed E-state index contributed by atoms with van der Waals surface area (Å²) in [5.41, 5.74) is 2.40. The molecule has 1 aliphatic heterocycles. The molecule has 3 rings (SSSR count). The summed E-state index contributed by atoms with van der Waals surface area (Å²) in [5, 5.41) is 3.65. The summed E-state index contributed by atoms with van der Waals surface area (Å²) in [7, 11) is 6.09. The van der Waals surface area contributed by atoms with E-state index < -0.39 is 0 Å². The highest BCUT2D eigenvalue weighted by atomic mass is 15.2. The minimum atomic E-state index is 0.522. The topological polar surface area (TPSA) is 49.2 Å². The lowest BCUT2D eigenvalue weighted by Gasteiger charge is -2.21. The van der Waals surface area contributed by atoms with E-state index in [2.05, 4.69) is 43.9 Å². The maximum Gasteiger partial charge on any atom is 0.128 e. The second-order valence-corrected chi connectivity index (χ2v) is 6.84. The smallest absolute Gasteiger partial charge is 0.128 e. The highest BCUT2D eigenvalue weighted by Crippen LogP contribution is 2.19. The number of hydrogen-bond acceptors (Lipinski definition) is 5. The predicted octanol–water partition coefficient (Wildman–Crippen LogP) is 2.35. The predicted molar refractivity (Wildman–Crippen MR) is 98.3 cm³/mol. The molecule has 0 bridgehead atoms. The van der Waals surface area contributed by atoms with Crippen LogP contribution in [0.2, 0.25) is 0 Å². The summed E-state index contributed by atoms with van der Waals surface area (Å²) in [6, 6.07) is 4.71. The first-order valence-electron chi connectivity index (χ1n) is 8.69. The van der Waals surface area contributed by atoms with Gasteiger partial charge < -0.3 is 14.8 Å². The Balaban J connectivity index is 1.52. The van der Waals surface area contributed by atoms with Gasteiger partial charge in [-0.2, -0.15) is 0 Å². The van der Waals surface area contributed by atoms with Crippen molar-refractivity contribution in [2.24, 2.45) is 7.05 Å². The fraction of sp³-hybridized carbons (Fsp3) is 0.556. The molecule has 0 spiro atoms. The fourth-order valence-electron chi connectivity index (χ4n) is 3.20. The van der Waals surface area contributed by atoms with Crippen LogP contribution in [0.4, 0.5) is 11.5 Å². The van der Waals surface area contributed by atoms with Gasteiger partial charge >= 0.3 is 0 Å². The molecule has 130 valence electrons. The molecule has 1 N–H and O–H groups in total. The molecule has 24 heavy (non-hydrogen) atoms. The van der Waals surface area contributed by atoms with Crippen LogP contribution in [-0.4, -0.2) is 52.7 Å². The number of aromatic nitrogens is 3. The molecule has 1 aliphatic rings. The van der Waals surface area contributed by atoms with Gasteiger partial charge in [0, 0.05) is 46.5 Å². The largest absolute Gasteiger partial charge is 0.381 e. The maximum absolute atomic E-state index is 4.49. The summed E-state index contributed by atoms with van der Waals surface area (Å²) in [6.45, 7) is 3.26. The highest BCUT2D eigenvalue weighted by Gasteiger charge is 2.18. The van der Waals surface area contributed by atoms with Crippen LogP contribution in [0, 0.1) is 0 Å². The molecule has 1 atom stereocenters. The van der Waals surface area contributed by atoms with Gasteiger partial charge in [0.2, 0.25) is 0 Å². The molecule has 0 amide bonds. The monoisotopic (exact) mass is 328 g/mol. The van der Waals surface area contributed by atoms with Gasteiger partial charge in [0.05, 0.1) is 23.9 Å². The number of nitrogens with one attached hydrogen (secondary N) is 1. The average molecular weight is 328 g/mol. The van der Waals surface area contributed by atoms with Gasteiger partial charge in [0.15, 0.2) is 0 Å². The number of anilines is 2. The first-order chi connectivity index (χ1) is 11.6. The normalized spacial score (nSPS) is 19.0. The van der Waals surface area contributed by atoms with Crippen molar-refractivity contribution in [2.75, 3.05) is 37.4 Å². The van der Waals surface area contributed by atoms with Crippen LogP contribution in [-0.2, 0) is 13.6 Å². The Bertz CT molecular complexity index is 633. The zero-order valence-corrected chi connectivity index (χ0v) is 14.9.